The molecule has 8 heteroatoms. The van der Waals surface area contributed by atoms with Crippen molar-refractivity contribution in [3.8, 4) is 11.5 Å². The van der Waals surface area contributed by atoms with E-state index >= 15 is 0 Å². The van der Waals surface area contributed by atoms with E-state index in [4.69, 9.17) is 9.47 Å². The Morgan fingerprint density at radius 2 is 2.11 bits per heavy atom. The average molecular weight is 386 g/mol. The molecule has 1 amide bonds. The third-order valence-corrected chi connectivity index (χ3v) is 5.05. The lowest BCUT2D eigenvalue weighted by Crippen LogP contribution is -2.43. The fourth-order valence-corrected chi connectivity index (χ4v) is 3.41. The lowest BCUT2D eigenvalue weighted by atomic mass is 9.96. The molecule has 150 valence electrons. The Morgan fingerprint density at radius 3 is 2.82 bits per heavy atom. The van der Waals surface area contributed by atoms with Crippen molar-refractivity contribution in [2.24, 2.45) is 13.0 Å². The molecule has 3 rings (SSSR count). The Kier molecular flexibility index (Phi) is 6.18. The number of anilines is 1. The number of nitrogens with zero attached hydrogens (tertiary/aromatic N) is 3. The number of carbonyl (C=O) groups is 1. The molecule has 0 radical (unpaired) electrons. The highest BCUT2D eigenvalue weighted by Crippen LogP contribution is 2.25. The van der Waals surface area contributed by atoms with Crippen LogP contribution in [0.3, 0.4) is 0 Å². The predicted octanol–water partition coefficient (Wildman–Crippen LogP) is 1.33. The van der Waals surface area contributed by atoms with Crippen molar-refractivity contribution in [3.63, 3.8) is 0 Å². The average Bonchev–Trinajstić information content (AvgIpc) is 2.73. The second-order valence-corrected chi connectivity index (χ2v) is 6.86. The molecule has 2 heterocycles. The summed E-state index contributed by atoms with van der Waals surface area (Å²) in [6, 6.07) is 7.07. The van der Waals surface area contributed by atoms with Gasteiger partial charge in [-0.05, 0) is 31.0 Å². The van der Waals surface area contributed by atoms with Gasteiger partial charge < -0.3 is 19.7 Å². The fraction of sp³-hybridized carbons (Fsp3) is 0.450. The van der Waals surface area contributed by atoms with Crippen molar-refractivity contribution in [3.05, 3.63) is 46.4 Å². The Bertz CT molecular complexity index is 896. The summed E-state index contributed by atoms with van der Waals surface area (Å²) in [6.45, 7) is 1.74. The number of ether oxygens (including phenoxy) is 2. The van der Waals surface area contributed by atoms with E-state index in [2.05, 4.69) is 10.4 Å². The molecule has 1 aromatic carbocycles. The van der Waals surface area contributed by atoms with Gasteiger partial charge >= 0.3 is 0 Å². The normalized spacial score (nSPS) is 16.5. The first kappa shape index (κ1) is 19.7. The van der Waals surface area contributed by atoms with Crippen LogP contribution in [0, 0.1) is 5.92 Å². The lowest BCUT2D eigenvalue weighted by Gasteiger charge is -2.33. The molecule has 1 atom stereocenters. The molecule has 2 aromatic rings. The largest absolute Gasteiger partial charge is 0.497 e. The molecule has 1 saturated heterocycles. The summed E-state index contributed by atoms with van der Waals surface area (Å²) in [6.07, 6.45) is 3.37. The first-order chi connectivity index (χ1) is 13.5. The Balaban J connectivity index is 1.64. The number of nitrogens with one attached hydrogen (secondary N) is 1. The van der Waals surface area contributed by atoms with Crippen LogP contribution in [0.5, 0.6) is 11.5 Å². The highest BCUT2D eigenvalue weighted by Gasteiger charge is 2.26. The van der Waals surface area contributed by atoms with E-state index in [1.165, 1.54) is 4.68 Å². The van der Waals surface area contributed by atoms with E-state index in [9.17, 15) is 9.59 Å². The van der Waals surface area contributed by atoms with Gasteiger partial charge in [0, 0.05) is 38.3 Å². The predicted molar refractivity (Wildman–Crippen MR) is 106 cm³/mol. The highest BCUT2D eigenvalue weighted by atomic mass is 16.5. The maximum Gasteiger partial charge on any atom is 0.268 e. The number of methoxy groups -OCH3 is 2. The molecule has 0 aliphatic carbocycles. The van der Waals surface area contributed by atoms with Gasteiger partial charge in [0.1, 0.15) is 11.5 Å². The number of piperidine rings is 1. The second-order valence-electron chi connectivity index (χ2n) is 6.86. The molecule has 0 unspecified atom stereocenters. The SMILES string of the molecule is COc1ccc(OC)c(CNC(=O)[C@H]2CCCN(c3cnn(C)c(=O)c3)C2)c1. The summed E-state index contributed by atoms with van der Waals surface area (Å²) in [7, 11) is 4.82. The number of benzene rings is 1. The lowest BCUT2D eigenvalue weighted by molar-refractivity contribution is -0.125. The molecular weight excluding hydrogens is 360 g/mol. The van der Waals surface area contributed by atoms with Crippen LogP contribution in [0.25, 0.3) is 0 Å². The van der Waals surface area contributed by atoms with E-state index in [0.717, 1.165) is 30.6 Å². The summed E-state index contributed by atoms with van der Waals surface area (Å²) in [4.78, 5) is 26.6. The zero-order valence-corrected chi connectivity index (χ0v) is 16.5. The molecule has 28 heavy (non-hydrogen) atoms. The monoisotopic (exact) mass is 386 g/mol. The maximum atomic E-state index is 12.7. The van der Waals surface area contributed by atoms with Crippen molar-refractivity contribution in [1.82, 2.24) is 15.1 Å². The van der Waals surface area contributed by atoms with Gasteiger partial charge in [-0.3, -0.25) is 9.59 Å². The topological polar surface area (TPSA) is 85.7 Å². The smallest absolute Gasteiger partial charge is 0.268 e. The zero-order chi connectivity index (χ0) is 20.1. The van der Waals surface area contributed by atoms with E-state index in [-0.39, 0.29) is 17.4 Å². The zero-order valence-electron chi connectivity index (χ0n) is 16.5. The van der Waals surface area contributed by atoms with Crippen LogP contribution in [-0.2, 0) is 18.4 Å². The highest BCUT2D eigenvalue weighted by molar-refractivity contribution is 5.79. The molecule has 1 aromatic heterocycles. The van der Waals surface area contributed by atoms with Crippen LogP contribution < -0.4 is 25.2 Å². The van der Waals surface area contributed by atoms with Gasteiger partial charge in [0.25, 0.3) is 5.56 Å². The summed E-state index contributed by atoms with van der Waals surface area (Å²) in [5.41, 5.74) is 1.46. The number of carbonyl (C=O) groups excluding carboxylic acids is 1. The number of aryl methyl sites for hydroxylation is 1. The Hall–Kier alpha value is -3.03. The standard InChI is InChI=1S/C20H26N4O4/c1-23-19(25)10-16(12-22-23)24-8-4-5-14(13-24)20(26)21-11-15-9-17(27-2)6-7-18(15)28-3/h6-7,9-10,12,14H,4-5,8,11,13H2,1-3H3,(H,21,26)/t14-/m0/s1. The molecule has 8 nitrogen and oxygen atoms in total. The van der Waals surface area contributed by atoms with Crippen LogP contribution >= 0.6 is 0 Å². The number of hydrogen-bond donors (Lipinski definition) is 1. The fourth-order valence-electron chi connectivity index (χ4n) is 3.41. The van der Waals surface area contributed by atoms with Crippen LogP contribution in [0.15, 0.2) is 35.3 Å². The first-order valence-corrected chi connectivity index (χ1v) is 9.28. The molecule has 0 saturated carbocycles. The molecule has 1 aliphatic heterocycles. The number of rotatable bonds is 6. The van der Waals surface area contributed by atoms with Gasteiger partial charge in [-0.1, -0.05) is 0 Å². The molecule has 0 bridgehead atoms. The van der Waals surface area contributed by atoms with Crippen LogP contribution in [-0.4, -0.2) is 43.0 Å². The quantitative estimate of drug-likeness (QED) is 0.806. The molecule has 0 spiro atoms. The van der Waals surface area contributed by atoms with E-state index in [1.54, 1.807) is 33.5 Å². The van der Waals surface area contributed by atoms with Gasteiger partial charge in [-0.2, -0.15) is 5.10 Å². The molecular formula is C20H26N4O4. The second kappa shape index (κ2) is 8.77. The van der Waals surface area contributed by atoms with Crippen LogP contribution in [0.1, 0.15) is 18.4 Å². The van der Waals surface area contributed by atoms with Crippen LogP contribution in [0.4, 0.5) is 5.69 Å². The minimum atomic E-state index is -0.158. The van der Waals surface area contributed by atoms with Gasteiger partial charge in [0.15, 0.2) is 0 Å². The first-order valence-electron chi connectivity index (χ1n) is 9.28. The summed E-state index contributed by atoms with van der Waals surface area (Å²) in [5.74, 6) is 1.27. The minimum Gasteiger partial charge on any atom is -0.497 e. The van der Waals surface area contributed by atoms with Gasteiger partial charge in [-0.15, -0.1) is 0 Å². The van der Waals surface area contributed by atoms with Crippen molar-refractivity contribution < 1.29 is 14.3 Å². The minimum absolute atomic E-state index is 0.00799. The number of amides is 1. The van der Waals surface area contributed by atoms with Crippen molar-refractivity contribution in [1.29, 1.82) is 0 Å². The Labute approximate surface area is 164 Å². The van der Waals surface area contributed by atoms with E-state index in [0.29, 0.717) is 24.6 Å². The molecule has 1 fully saturated rings. The summed E-state index contributed by atoms with van der Waals surface area (Å²) in [5, 5.41) is 7.08. The van der Waals surface area contributed by atoms with E-state index in [1.807, 2.05) is 23.1 Å². The third kappa shape index (κ3) is 4.44. The number of hydrogen-bond acceptors (Lipinski definition) is 6. The summed E-state index contributed by atoms with van der Waals surface area (Å²) < 4.78 is 11.9. The van der Waals surface area contributed by atoms with Gasteiger partial charge in [0.05, 0.1) is 32.0 Å². The third-order valence-electron chi connectivity index (χ3n) is 5.05. The van der Waals surface area contributed by atoms with Crippen LogP contribution in [0.2, 0.25) is 0 Å². The maximum absolute atomic E-state index is 12.7. The van der Waals surface area contributed by atoms with Gasteiger partial charge in [-0.25, -0.2) is 4.68 Å². The van der Waals surface area contributed by atoms with E-state index < -0.39 is 0 Å². The van der Waals surface area contributed by atoms with Gasteiger partial charge in [0.2, 0.25) is 5.91 Å². The number of aromatic nitrogens is 2. The summed E-state index contributed by atoms with van der Waals surface area (Å²) >= 11 is 0. The van der Waals surface area contributed by atoms with Crippen molar-refractivity contribution in [2.45, 2.75) is 19.4 Å². The molecule has 1 aliphatic rings. The Morgan fingerprint density at radius 1 is 1.29 bits per heavy atom. The van der Waals surface area contributed by atoms with Crippen molar-refractivity contribution in [2.75, 3.05) is 32.2 Å². The van der Waals surface area contributed by atoms with Crippen molar-refractivity contribution >= 4 is 11.6 Å². The molecule has 1 N–H and O–H groups in total.